The van der Waals surface area contributed by atoms with Crippen molar-refractivity contribution in [2.75, 3.05) is 5.32 Å². The van der Waals surface area contributed by atoms with Crippen molar-refractivity contribution in [2.24, 2.45) is 0 Å². The number of pyridine rings is 1. The number of hydrogen-bond donors (Lipinski definition) is 1. The van der Waals surface area contributed by atoms with Gasteiger partial charge in [-0.15, -0.1) is 11.3 Å². The van der Waals surface area contributed by atoms with Gasteiger partial charge in [-0.25, -0.2) is 9.97 Å². The average Bonchev–Trinajstić information content (AvgIpc) is 3.01. The van der Waals surface area contributed by atoms with Crippen molar-refractivity contribution in [3.8, 4) is 0 Å². The molecule has 0 fully saturated rings. The Labute approximate surface area is 149 Å². The number of amides is 1. The molecule has 1 N–H and O–H groups in total. The number of carbonyl (C=O) groups excluding carboxylic acids is 1. The molecule has 0 saturated carbocycles. The van der Waals surface area contributed by atoms with Gasteiger partial charge in [-0.05, 0) is 43.2 Å². The number of hydrogen-bond acceptors (Lipinski definition) is 5. The van der Waals surface area contributed by atoms with E-state index in [0.29, 0.717) is 11.4 Å². The smallest absolute Gasteiger partial charge is 0.256 e. The number of carbonyl (C=O) groups is 1. The molecular weight excluding hydrogens is 338 g/mol. The number of nitrogens with zero attached hydrogens (tertiary/aromatic N) is 2. The van der Waals surface area contributed by atoms with Gasteiger partial charge in [0, 0.05) is 28.6 Å². The van der Waals surface area contributed by atoms with Crippen LogP contribution < -0.4 is 5.32 Å². The summed E-state index contributed by atoms with van der Waals surface area (Å²) in [4.78, 5) is 20.8. The Bertz CT molecular complexity index is 826. The molecule has 0 spiro atoms. The molecule has 2 aromatic heterocycles. The van der Waals surface area contributed by atoms with E-state index in [1.165, 1.54) is 0 Å². The average molecular weight is 355 g/mol. The first-order valence-corrected chi connectivity index (χ1v) is 9.34. The Morgan fingerprint density at radius 2 is 1.96 bits per heavy atom. The van der Waals surface area contributed by atoms with Crippen LogP contribution in [0.5, 0.6) is 0 Å². The van der Waals surface area contributed by atoms with Crippen molar-refractivity contribution < 1.29 is 4.79 Å². The first-order valence-electron chi connectivity index (χ1n) is 7.48. The quantitative estimate of drug-likeness (QED) is 0.674. The fourth-order valence-corrected chi connectivity index (χ4v) is 3.83. The Morgan fingerprint density at radius 3 is 2.58 bits per heavy atom. The van der Waals surface area contributed by atoms with E-state index < -0.39 is 0 Å². The molecule has 0 aliphatic rings. The first kappa shape index (κ1) is 16.7. The van der Waals surface area contributed by atoms with E-state index in [2.05, 4.69) is 20.7 Å². The highest BCUT2D eigenvalue weighted by molar-refractivity contribution is 8.00. The molecule has 0 aliphatic carbocycles. The van der Waals surface area contributed by atoms with Gasteiger partial charge in [-0.1, -0.05) is 30.0 Å². The SMILES string of the molecule is Cc1ccc(NC(=O)c2ccc(CSc3nc(C)cs3)cc2)nc1. The number of anilines is 1. The van der Waals surface area contributed by atoms with Crippen LogP contribution in [0.3, 0.4) is 0 Å². The summed E-state index contributed by atoms with van der Waals surface area (Å²) in [5.74, 6) is 1.25. The number of aromatic nitrogens is 2. The summed E-state index contributed by atoms with van der Waals surface area (Å²) in [6, 6.07) is 11.4. The second kappa shape index (κ2) is 7.59. The van der Waals surface area contributed by atoms with Gasteiger partial charge in [-0.3, -0.25) is 4.79 Å². The first-order chi connectivity index (χ1) is 11.6. The van der Waals surface area contributed by atoms with Crippen molar-refractivity contribution in [1.82, 2.24) is 9.97 Å². The molecule has 1 aromatic carbocycles. The standard InChI is InChI=1S/C18H17N3OS2/c1-12-3-8-16(19-9-12)21-17(22)15-6-4-14(5-7-15)11-24-18-20-13(2)10-23-18/h3-10H,11H2,1-2H3,(H,19,21,22). The van der Waals surface area contributed by atoms with Crippen molar-refractivity contribution >= 4 is 34.8 Å². The minimum Gasteiger partial charge on any atom is -0.307 e. The van der Waals surface area contributed by atoms with Crippen LogP contribution in [0, 0.1) is 13.8 Å². The minimum absolute atomic E-state index is 0.152. The maximum absolute atomic E-state index is 12.2. The van der Waals surface area contributed by atoms with Gasteiger partial charge in [0.1, 0.15) is 10.2 Å². The third kappa shape index (κ3) is 4.43. The lowest BCUT2D eigenvalue weighted by atomic mass is 10.1. The molecule has 0 atom stereocenters. The van der Waals surface area contributed by atoms with E-state index in [4.69, 9.17) is 0 Å². The van der Waals surface area contributed by atoms with Crippen LogP contribution in [-0.2, 0) is 5.75 Å². The van der Waals surface area contributed by atoms with Crippen molar-refractivity contribution in [3.63, 3.8) is 0 Å². The summed E-state index contributed by atoms with van der Waals surface area (Å²) >= 11 is 3.37. The van der Waals surface area contributed by atoms with Gasteiger partial charge >= 0.3 is 0 Å². The van der Waals surface area contributed by atoms with Gasteiger partial charge in [0.15, 0.2) is 0 Å². The van der Waals surface area contributed by atoms with Crippen LogP contribution in [0.25, 0.3) is 0 Å². The molecule has 3 aromatic rings. The van der Waals surface area contributed by atoms with Crippen LogP contribution in [0.4, 0.5) is 5.82 Å². The Balaban J connectivity index is 1.59. The Hall–Kier alpha value is -2.18. The third-order valence-electron chi connectivity index (χ3n) is 3.33. The van der Waals surface area contributed by atoms with Crippen molar-refractivity contribution in [2.45, 2.75) is 23.9 Å². The summed E-state index contributed by atoms with van der Waals surface area (Å²) < 4.78 is 1.07. The van der Waals surface area contributed by atoms with E-state index in [9.17, 15) is 4.79 Å². The van der Waals surface area contributed by atoms with Crippen LogP contribution in [0.2, 0.25) is 0 Å². The summed E-state index contributed by atoms with van der Waals surface area (Å²) in [5, 5.41) is 4.85. The highest BCUT2D eigenvalue weighted by Gasteiger charge is 2.07. The molecule has 24 heavy (non-hydrogen) atoms. The zero-order valence-electron chi connectivity index (χ0n) is 13.4. The summed E-state index contributed by atoms with van der Waals surface area (Å²) in [5.41, 5.74) is 3.90. The second-order valence-electron chi connectivity index (χ2n) is 5.42. The van der Waals surface area contributed by atoms with E-state index in [1.807, 2.05) is 44.2 Å². The van der Waals surface area contributed by atoms with Gasteiger partial charge in [-0.2, -0.15) is 0 Å². The van der Waals surface area contributed by atoms with Crippen LogP contribution in [0.15, 0.2) is 52.3 Å². The Kier molecular flexibility index (Phi) is 5.27. The zero-order chi connectivity index (χ0) is 16.9. The highest BCUT2D eigenvalue weighted by atomic mass is 32.2. The lowest BCUT2D eigenvalue weighted by molar-refractivity contribution is 0.102. The molecule has 3 rings (SSSR count). The van der Waals surface area contributed by atoms with Crippen LogP contribution in [-0.4, -0.2) is 15.9 Å². The molecule has 0 bridgehead atoms. The normalized spacial score (nSPS) is 10.6. The van der Waals surface area contributed by atoms with Crippen molar-refractivity contribution in [1.29, 1.82) is 0 Å². The molecule has 6 heteroatoms. The maximum Gasteiger partial charge on any atom is 0.256 e. The third-order valence-corrected chi connectivity index (χ3v) is 5.54. The number of thiazole rings is 1. The zero-order valence-corrected chi connectivity index (χ0v) is 15.1. The highest BCUT2D eigenvalue weighted by Crippen LogP contribution is 2.26. The monoisotopic (exact) mass is 355 g/mol. The summed E-state index contributed by atoms with van der Waals surface area (Å²) in [6.45, 7) is 3.96. The molecule has 1 amide bonds. The number of aryl methyl sites for hydroxylation is 2. The molecule has 4 nitrogen and oxygen atoms in total. The van der Waals surface area contributed by atoms with E-state index in [0.717, 1.165) is 26.9 Å². The largest absolute Gasteiger partial charge is 0.307 e. The summed E-state index contributed by atoms with van der Waals surface area (Å²) in [6.07, 6.45) is 1.73. The number of rotatable bonds is 5. The van der Waals surface area contributed by atoms with E-state index >= 15 is 0 Å². The fraction of sp³-hybridized carbons (Fsp3) is 0.167. The molecule has 122 valence electrons. The lowest BCUT2D eigenvalue weighted by Crippen LogP contribution is -2.12. The number of nitrogens with one attached hydrogen (secondary N) is 1. The summed E-state index contributed by atoms with van der Waals surface area (Å²) in [7, 11) is 0. The lowest BCUT2D eigenvalue weighted by Gasteiger charge is -2.06. The van der Waals surface area contributed by atoms with Gasteiger partial charge in [0.05, 0.1) is 0 Å². The van der Waals surface area contributed by atoms with Gasteiger partial charge < -0.3 is 5.32 Å². The van der Waals surface area contributed by atoms with Crippen LogP contribution >= 0.6 is 23.1 Å². The van der Waals surface area contributed by atoms with Gasteiger partial charge in [0.2, 0.25) is 0 Å². The predicted molar refractivity (Wildman–Crippen MR) is 99.8 cm³/mol. The molecule has 0 unspecified atom stereocenters. The van der Waals surface area contributed by atoms with Crippen LogP contribution in [0.1, 0.15) is 27.2 Å². The minimum atomic E-state index is -0.152. The molecular formula is C18H17N3OS2. The number of benzene rings is 1. The Morgan fingerprint density at radius 1 is 1.17 bits per heavy atom. The maximum atomic E-state index is 12.2. The molecule has 2 heterocycles. The molecule has 0 saturated heterocycles. The second-order valence-corrected chi connectivity index (χ2v) is 7.50. The molecule has 0 aliphatic heterocycles. The molecule has 0 radical (unpaired) electrons. The topological polar surface area (TPSA) is 54.9 Å². The van der Waals surface area contributed by atoms with Crippen molar-refractivity contribution in [3.05, 3.63) is 70.4 Å². The number of thioether (sulfide) groups is 1. The fourth-order valence-electron chi connectivity index (χ4n) is 2.03. The van der Waals surface area contributed by atoms with E-state index in [1.54, 1.807) is 35.4 Å². The van der Waals surface area contributed by atoms with Gasteiger partial charge in [0.25, 0.3) is 5.91 Å². The predicted octanol–water partition coefficient (Wildman–Crippen LogP) is 4.70. The van der Waals surface area contributed by atoms with E-state index in [-0.39, 0.29) is 5.91 Å².